The van der Waals surface area contributed by atoms with Crippen LogP contribution < -0.4 is 10.6 Å². The summed E-state index contributed by atoms with van der Waals surface area (Å²) >= 11 is 12.6. The highest BCUT2D eigenvalue weighted by Crippen LogP contribution is 2.44. The molecule has 0 bridgehead atoms. The third kappa shape index (κ3) is 6.83. The van der Waals surface area contributed by atoms with E-state index in [2.05, 4.69) is 27.4 Å². The molecule has 2 aliphatic rings. The summed E-state index contributed by atoms with van der Waals surface area (Å²) in [6, 6.07) is 21.7. The van der Waals surface area contributed by atoms with Crippen molar-refractivity contribution in [2.45, 2.75) is 50.3 Å². The van der Waals surface area contributed by atoms with Crippen LogP contribution in [0.4, 0.5) is 14.9 Å². The fourth-order valence-electron chi connectivity index (χ4n) is 6.35. The number of fused-ring (bicyclic) bond motifs is 2. The normalized spacial score (nSPS) is 17.1. The molecule has 3 aromatic carbocycles. The van der Waals surface area contributed by atoms with Crippen molar-refractivity contribution in [2.24, 2.45) is 0 Å². The number of pyridine rings is 1. The van der Waals surface area contributed by atoms with E-state index in [9.17, 15) is 14.0 Å². The number of hydrogen-bond acceptors (Lipinski definition) is 5. The molecule has 6 rings (SSSR count). The monoisotopic (exact) mass is 646 g/mol. The van der Waals surface area contributed by atoms with E-state index in [1.54, 1.807) is 30.6 Å². The molecule has 0 radical (unpaired) electrons. The molecule has 0 aliphatic carbocycles. The van der Waals surface area contributed by atoms with Crippen molar-refractivity contribution in [3.63, 3.8) is 0 Å². The highest BCUT2D eigenvalue weighted by molar-refractivity contribution is 6.42. The van der Waals surface area contributed by atoms with E-state index in [-0.39, 0.29) is 17.8 Å². The van der Waals surface area contributed by atoms with Crippen molar-refractivity contribution >= 4 is 40.9 Å². The van der Waals surface area contributed by atoms with Crippen molar-refractivity contribution < 1.29 is 18.7 Å². The minimum atomic E-state index is -0.885. The van der Waals surface area contributed by atoms with Crippen LogP contribution in [-0.2, 0) is 21.7 Å². The summed E-state index contributed by atoms with van der Waals surface area (Å²) in [5.74, 6) is -0.958. The number of amides is 2. The number of halogens is 3. The maximum atomic E-state index is 14.2. The van der Waals surface area contributed by atoms with E-state index in [4.69, 9.17) is 27.9 Å². The zero-order valence-corrected chi connectivity index (χ0v) is 26.2. The van der Waals surface area contributed by atoms with Gasteiger partial charge < -0.3 is 15.0 Å². The molecular weight excluding hydrogens is 614 g/mol. The van der Waals surface area contributed by atoms with Gasteiger partial charge in [-0.25, -0.2) is 9.18 Å². The van der Waals surface area contributed by atoms with Gasteiger partial charge in [0.25, 0.3) is 0 Å². The highest BCUT2D eigenvalue weighted by atomic mass is 35.5. The van der Waals surface area contributed by atoms with Crippen LogP contribution in [0.2, 0.25) is 10.0 Å². The Labute approximate surface area is 271 Å². The second-order valence-electron chi connectivity index (χ2n) is 11.7. The number of rotatable bonds is 8. The van der Waals surface area contributed by atoms with Crippen LogP contribution in [0.1, 0.15) is 48.8 Å². The summed E-state index contributed by atoms with van der Waals surface area (Å²) in [7, 11) is 0. The number of aromatic nitrogens is 1. The molecule has 0 saturated carbocycles. The Morgan fingerprint density at radius 3 is 2.42 bits per heavy atom. The molecule has 3 heterocycles. The van der Waals surface area contributed by atoms with E-state index in [1.807, 2.05) is 42.5 Å². The molecule has 1 saturated heterocycles. The average Bonchev–Trinajstić information content (AvgIpc) is 3.05. The Hall–Kier alpha value is -3.98. The fraction of sp³-hybridized carbons (Fsp3) is 0.286. The Bertz CT molecular complexity index is 1700. The molecule has 1 aromatic heterocycles. The lowest BCUT2D eigenvalue weighted by Crippen LogP contribution is -2.50. The van der Waals surface area contributed by atoms with Crippen molar-refractivity contribution in [1.82, 2.24) is 15.2 Å². The first-order chi connectivity index (χ1) is 21.7. The molecule has 2 N–H and O–H groups in total. The Kier molecular flexibility index (Phi) is 9.08. The lowest BCUT2D eigenvalue weighted by molar-refractivity contribution is -0.123. The predicted octanol–water partition coefficient (Wildman–Crippen LogP) is 7.93. The molecule has 232 valence electrons. The summed E-state index contributed by atoms with van der Waals surface area (Å²) in [5, 5.41) is 6.63. The zero-order valence-electron chi connectivity index (χ0n) is 24.7. The SMILES string of the molecule is CC(CC(C(=O)NCc1ccc(-c2ccncc2)cc1)c1ccc(Cl)c(Cl)c1)N1CCC2(CC1)OC(=O)Nc1ccc(F)cc12. The lowest BCUT2D eigenvalue weighted by Gasteiger charge is -2.46. The number of hydrogen-bond donors (Lipinski definition) is 2. The summed E-state index contributed by atoms with van der Waals surface area (Å²) in [4.78, 5) is 32.5. The van der Waals surface area contributed by atoms with Crippen LogP contribution in [0, 0.1) is 5.82 Å². The van der Waals surface area contributed by atoms with Gasteiger partial charge in [0.15, 0.2) is 0 Å². The molecule has 2 aliphatic heterocycles. The van der Waals surface area contributed by atoms with Crippen LogP contribution in [0.15, 0.2) is 85.2 Å². The standard InChI is InChI=1S/C35H33Cl2FN4O3/c1-22(42-16-12-35(13-17-42)29-20-27(38)7-9-32(29)41-34(44)45-35)18-28(26-6-8-30(36)31(37)19-26)33(43)40-21-23-2-4-24(5-3-23)25-10-14-39-15-11-25/h2-11,14-15,19-20,22,28H,12-13,16-18,21H2,1H3,(H,40,43)(H,41,44). The zero-order chi connectivity index (χ0) is 31.6. The molecule has 45 heavy (non-hydrogen) atoms. The number of nitrogens with zero attached hydrogens (tertiary/aromatic N) is 2. The van der Waals surface area contributed by atoms with Crippen molar-refractivity contribution in [3.8, 4) is 11.1 Å². The van der Waals surface area contributed by atoms with Gasteiger partial charge >= 0.3 is 6.09 Å². The predicted molar refractivity (Wildman–Crippen MR) is 174 cm³/mol. The summed E-state index contributed by atoms with van der Waals surface area (Å²) in [5.41, 5.74) is 4.28. The first-order valence-corrected chi connectivity index (χ1v) is 15.7. The van der Waals surface area contributed by atoms with Gasteiger partial charge in [0.2, 0.25) is 5.91 Å². The molecular formula is C35H33Cl2FN4O3. The van der Waals surface area contributed by atoms with Gasteiger partial charge in [0.1, 0.15) is 11.4 Å². The van der Waals surface area contributed by atoms with E-state index in [0.29, 0.717) is 60.2 Å². The molecule has 2 atom stereocenters. The molecule has 1 fully saturated rings. The van der Waals surface area contributed by atoms with Gasteiger partial charge in [-0.1, -0.05) is 53.5 Å². The number of benzene rings is 3. The van der Waals surface area contributed by atoms with Crippen LogP contribution in [-0.4, -0.2) is 41.0 Å². The second kappa shape index (κ2) is 13.2. The number of likely N-dealkylation sites (tertiary alicyclic amines) is 1. The number of carbonyl (C=O) groups excluding carboxylic acids is 2. The quantitative estimate of drug-likeness (QED) is 0.203. The number of ether oxygens (including phenoxy) is 1. The Balaban J connectivity index is 1.14. The van der Waals surface area contributed by atoms with Crippen molar-refractivity contribution in [2.75, 3.05) is 18.4 Å². The smallest absolute Gasteiger partial charge is 0.412 e. The third-order valence-corrected chi connectivity index (χ3v) is 9.64. The van der Waals surface area contributed by atoms with Crippen molar-refractivity contribution in [1.29, 1.82) is 0 Å². The number of anilines is 1. The maximum absolute atomic E-state index is 14.2. The van der Waals surface area contributed by atoms with Gasteiger partial charge in [-0.15, -0.1) is 0 Å². The first kappa shape index (κ1) is 31.0. The van der Waals surface area contributed by atoms with Gasteiger partial charge in [-0.2, -0.15) is 0 Å². The molecule has 2 unspecified atom stereocenters. The van der Waals surface area contributed by atoms with Gasteiger partial charge in [-0.05, 0) is 78.1 Å². The van der Waals surface area contributed by atoms with E-state index >= 15 is 0 Å². The molecule has 4 aromatic rings. The van der Waals surface area contributed by atoms with E-state index < -0.39 is 17.6 Å². The number of piperidine rings is 1. The van der Waals surface area contributed by atoms with E-state index in [0.717, 1.165) is 22.3 Å². The fourth-order valence-corrected chi connectivity index (χ4v) is 6.66. The van der Waals surface area contributed by atoms with Gasteiger partial charge in [0, 0.05) is 56.5 Å². The van der Waals surface area contributed by atoms with Crippen LogP contribution in [0.5, 0.6) is 0 Å². The lowest BCUT2D eigenvalue weighted by atomic mass is 9.81. The molecule has 10 heteroatoms. The van der Waals surface area contributed by atoms with Gasteiger partial charge in [-0.3, -0.25) is 15.1 Å². The minimum Gasteiger partial charge on any atom is -0.438 e. The Morgan fingerprint density at radius 1 is 1.00 bits per heavy atom. The van der Waals surface area contributed by atoms with Gasteiger partial charge in [0.05, 0.1) is 21.7 Å². The highest BCUT2D eigenvalue weighted by Gasteiger charge is 2.45. The topological polar surface area (TPSA) is 83.6 Å². The van der Waals surface area contributed by atoms with Crippen LogP contribution in [0.3, 0.4) is 0 Å². The molecule has 1 spiro atoms. The average molecular weight is 648 g/mol. The summed E-state index contributed by atoms with van der Waals surface area (Å²) in [6.45, 7) is 3.70. The summed E-state index contributed by atoms with van der Waals surface area (Å²) < 4.78 is 20.0. The van der Waals surface area contributed by atoms with E-state index in [1.165, 1.54) is 12.1 Å². The third-order valence-electron chi connectivity index (χ3n) is 8.90. The molecule has 2 amide bonds. The largest absolute Gasteiger partial charge is 0.438 e. The number of carbonyl (C=O) groups is 2. The first-order valence-electron chi connectivity index (χ1n) is 15.0. The Morgan fingerprint density at radius 2 is 1.71 bits per heavy atom. The van der Waals surface area contributed by atoms with Crippen LogP contribution in [0.25, 0.3) is 11.1 Å². The molecule has 7 nitrogen and oxygen atoms in total. The minimum absolute atomic E-state index is 0.0107. The number of nitrogens with one attached hydrogen (secondary N) is 2. The van der Waals surface area contributed by atoms with Crippen molar-refractivity contribution in [3.05, 3.63) is 118 Å². The summed E-state index contributed by atoms with van der Waals surface area (Å²) in [6.07, 6.45) is 4.56. The van der Waals surface area contributed by atoms with Crippen LogP contribution >= 0.6 is 23.2 Å². The maximum Gasteiger partial charge on any atom is 0.412 e. The second-order valence-corrected chi connectivity index (χ2v) is 12.5.